The average molecular weight is 262 g/mol. The maximum absolute atomic E-state index is 11.7. The lowest BCUT2D eigenvalue weighted by atomic mass is 10.1. The van der Waals surface area contributed by atoms with Gasteiger partial charge in [0.05, 0.1) is 6.61 Å². The Balaban J connectivity index is 2.29. The number of Topliss-reactive ketones (excluding diaryl/α,β-unsaturated/α-hetero) is 1. The van der Waals surface area contributed by atoms with Crippen molar-refractivity contribution in [3.63, 3.8) is 0 Å². The molecular formula is C11H13F3N2O2. The summed E-state index contributed by atoms with van der Waals surface area (Å²) >= 11 is 0. The molecule has 1 aromatic heterocycles. The summed E-state index contributed by atoms with van der Waals surface area (Å²) < 4.78 is 39.6. The molecule has 0 radical (unpaired) electrons. The van der Waals surface area contributed by atoms with Crippen LogP contribution in [0.4, 0.5) is 19.0 Å². The van der Waals surface area contributed by atoms with E-state index in [1.165, 1.54) is 6.20 Å². The summed E-state index contributed by atoms with van der Waals surface area (Å²) in [5.41, 5.74) is 6.11. The van der Waals surface area contributed by atoms with E-state index >= 15 is 0 Å². The number of carbonyl (C=O) groups is 1. The van der Waals surface area contributed by atoms with Crippen LogP contribution >= 0.6 is 0 Å². The molecule has 0 fully saturated rings. The molecule has 18 heavy (non-hydrogen) atoms. The topological polar surface area (TPSA) is 65.2 Å². The normalized spacial score (nSPS) is 11.5. The van der Waals surface area contributed by atoms with Gasteiger partial charge in [-0.25, -0.2) is 4.98 Å². The zero-order chi connectivity index (χ0) is 13.6. The number of carbonyl (C=O) groups excluding carboxylic acids is 1. The summed E-state index contributed by atoms with van der Waals surface area (Å²) in [5.74, 6) is 0.0129. The van der Waals surface area contributed by atoms with Crippen molar-refractivity contribution in [3.05, 3.63) is 23.9 Å². The minimum atomic E-state index is -4.36. The van der Waals surface area contributed by atoms with Crippen LogP contribution in [0.15, 0.2) is 18.3 Å². The SMILES string of the molecule is Nc1ncccc1CC(=O)CCOCC(F)(F)F. The lowest BCUT2D eigenvalue weighted by molar-refractivity contribution is -0.174. The number of hydrogen-bond acceptors (Lipinski definition) is 4. The summed E-state index contributed by atoms with van der Waals surface area (Å²) in [7, 11) is 0. The predicted molar refractivity (Wildman–Crippen MR) is 58.9 cm³/mol. The van der Waals surface area contributed by atoms with Crippen LogP contribution in [0.25, 0.3) is 0 Å². The smallest absolute Gasteiger partial charge is 0.383 e. The maximum atomic E-state index is 11.7. The first kappa shape index (κ1) is 14.4. The van der Waals surface area contributed by atoms with Gasteiger partial charge in [-0.2, -0.15) is 13.2 Å². The Morgan fingerprint density at radius 1 is 1.44 bits per heavy atom. The number of rotatable bonds is 6. The summed E-state index contributed by atoms with van der Waals surface area (Å²) in [4.78, 5) is 15.3. The van der Waals surface area contributed by atoms with Gasteiger partial charge in [0.15, 0.2) is 0 Å². The van der Waals surface area contributed by atoms with Crippen molar-refractivity contribution in [3.8, 4) is 0 Å². The van der Waals surface area contributed by atoms with E-state index in [9.17, 15) is 18.0 Å². The van der Waals surface area contributed by atoms with Crippen molar-refractivity contribution in [2.45, 2.75) is 19.0 Å². The van der Waals surface area contributed by atoms with Gasteiger partial charge in [0, 0.05) is 24.6 Å². The first-order valence-corrected chi connectivity index (χ1v) is 5.24. The van der Waals surface area contributed by atoms with E-state index < -0.39 is 12.8 Å². The second kappa shape index (κ2) is 6.34. The van der Waals surface area contributed by atoms with E-state index in [1.54, 1.807) is 12.1 Å². The molecule has 100 valence electrons. The van der Waals surface area contributed by atoms with Crippen molar-refractivity contribution in [1.29, 1.82) is 0 Å². The standard InChI is InChI=1S/C11H13F3N2O2/c12-11(13,14)7-18-5-3-9(17)6-8-2-1-4-16-10(8)15/h1-2,4H,3,5-7H2,(H2,15,16). The van der Waals surface area contributed by atoms with Crippen molar-refractivity contribution < 1.29 is 22.7 Å². The number of ketones is 1. The third-order valence-corrected chi connectivity index (χ3v) is 2.10. The summed E-state index contributed by atoms with van der Waals surface area (Å²) in [6, 6.07) is 3.29. The van der Waals surface area contributed by atoms with Crippen LogP contribution in [0.1, 0.15) is 12.0 Å². The number of halogens is 3. The predicted octanol–water partition coefficient (Wildman–Crippen LogP) is 1.74. The number of pyridine rings is 1. The molecule has 2 N–H and O–H groups in total. The van der Waals surface area contributed by atoms with Crippen LogP contribution in [-0.2, 0) is 16.0 Å². The maximum Gasteiger partial charge on any atom is 0.411 e. The Bertz CT molecular complexity index is 408. The molecule has 0 amide bonds. The van der Waals surface area contributed by atoms with Gasteiger partial charge in [0.2, 0.25) is 0 Å². The molecule has 0 aromatic carbocycles. The molecule has 1 aromatic rings. The number of aromatic nitrogens is 1. The highest BCUT2D eigenvalue weighted by molar-refractivity contribution is 5.82. The fourth-order valence-electron chi connectivity index (χ4n) is 1.28. The molecule has 0 bridgehead atoms. The highest BCUT2D eigenvalue weighted by atomic mass is 19.4. The monoisotopic (exact) mass is 262 g/mol. The van der Waals surface area contributed by atoms with Gasteiger partial charge in [-0.05, 0) is 6.07 Å². The minimum absolute atomic E-state index is 0.0506. The number of hydrogen-bond donors (Lipinski definition) is 1. The number of nitrogens with zero attached hydrogens (tertiary/aromatic N) is 1. The highest BCUT2D eigenvalue weighted by Crippen LogP contribution is 2.14. The lowest BCUT2D eigenvalue weighted by Gasteiger charge is -2.07. The second-order valence-corrected chi connectivity index (χ2v) is 3.68. The molecule has 1 heterocycles. The number of anilines is 1. The van der Waals surface area contributed by atoms with Crippen LogP contribution in [0.5, 0.6) is 0 Å². The lowest BCUT2D eigenvalue weighted by Crippen LogP contribution is -2.18. The fourth-order valence-corrected chi connectivity index (χ4v) is 1.28. The zero-order valence-electron chi connectivity index (χ0n) is 9.54. The molecule has 4 nitrogen and oxygen atoms in total. The minimum Gasteiger partial charge on any atom is -0.383 e. The molecule has 0 atom stereocenters. The molecule has 0 spiro atoms. The van der Waals surface area contributed by atoms with Gasteiger partial charge in [0.1, 0.15) is 18.2 Å². The van der Waals surface area contributed by atoms with Crippen molar-refractivity contribution in [2.75, 3.05) is 18.9 Å². The molecule has 0 saturated carbocycles. The second-order valence-electron chi connectivity index (χ2n) is 3.68. The van der Waals surface area contributed by atoms with E-state index in [-0.39, 0.29) is 31.0 Å². The highest BCUT2D eigenvalue weighted by Gasteiger charge is 2.27. The molecule has 0 aliphatic carbocycles. The Hall–Kier alpha value is -1.63. The summed E-state index contributed by atoms with van der Waals surface area (Å²) in [5, 5.41) is 0. The molecule has 1 rings (SSSR count). The first-order chi connectivity index (χ1) is 8.38. The number of nitrogens with two attached hydrogens (primary N) is 1. The quantitative estimate of drug-likeness (QED) is 0.793. The number of alkyl halides is 3. The van der Waals surface area contributed by atoms with Crippen LogP contribution in [0.2, 0.25) is 0 Å². The Morgan fingerprint density at radius 2 is 2.17 bits per heavy atom. The van der Waals surface area contributed by atoms with Gasteiger partial charge in [-0.3, -0.25) is 4.79 Å². The number of nitrogen functional groups attached to an aromatic ring is 1. The van der Waals surface area contributed by atoms with Crippen molar-refractivity contribution in [1.82, 2.24) is 4.98 Å². The molecule has 0 aliphatic heterocycles. The van der Waals surface area contributed by atoms with E-state index in [2.05, 4.69) is 9.72 Å². The third kappa shape index (κ3) is 5.62. The van der Waals surface area contributed by atoms with Crippen LogP contribution in [0, 0.1) is 0 Å². The van der Waals surface area contributed by atoms with Gasteiger partial charge in [-0.15, -0.1) is 0 Å². The zero-order valence-corrected chi connectivity index (χ0v) is 9.54. The largest absolute Gasteiger partial charge is 0.411 e. The first-order valence-electron chi connectivity index (χ1n) is 5.24. The van der Waals surface area contributed by atoms with Gasteiger partial charge < -0.3 is 10.5 Å². The Kier molecular flexibility index (Phi) is 5.08. The molecule has 0 saturated heterocycles. The average Bonchev–Trinajstić information content (AvgIpc) is 2.26. The van der Waals surface area contributed by atoms with E-state index in [0.717, 1.165) is 0 Å². The summed E-state index contributed by atoms with van der Waals surface area (Å²) in [6.45, 7) is -1.59. The molecule has 0 aliphatic rings. The van der Waals surface area contributed by atoms with Gasteiger partial charge in [-0.1, -0.05) is 6.07 Å². The van der Waals surface area contributed by atoms with E-state index in [4.69, 9.17) is 5.73 Å². The van der Waals surface area contributed by atoms with Crippen LogP contribution in [0.3, 0.4) is 0 Å². The molecular weight excluding hydrogens is 249 g/mol. The van der Waals surface area contributed by atoms with Gasteiger partial charge in [0.25, 0.3) is 0 Å². The van der Waals surface area contributed by atoms with Crippen molar-refractivity contribution in [2.24, 2.45) is 0 Å². The Labute approximate surface area is 102 Å². The van der Waals surface area contributed by atoms with Crippen LogP contribution in [-0.4, -0.2) is 30.2 Å². The fraction of sp³-hybridized carbons (Fsp3) is 0.455. The number of ether oxygens (including phenoxy) is 1. The van der Waals surface area contributed by atoms with Crippen molar-refractivity contribution >= 4 is 11.6 Å². The third-order valence-electron chi connectivity index (χ3n) is 2.10. The van der Waals surface area contributed by atoms with Crippen LogP contribution < -0.4 is 5.73 Å². The van der Waals surface area contributed by atoms with E-state index in [0.29, 0.717) is 5.56 Å². The summed E-state index contributed by atoms with van der Waals surface area (Å²) in [6.07, 6.45) is -2.90. The van der Waals surface area contributed by atoms with E-state index in [1.807, 2.05) is 0 Å². The molecule has 0 unspecified atom stereocenters. The molecule has 7 heteroatoms. The van der Waals surface area contributed by atoms with Gasteiger partial charge >= 0.3 is 6.18 Å². The Morgan fingerprint density at radius 3 is 2.78 bits per heavy atom.